The van der Waals surface area contributed by atoms with Crippen LogP contribution < -0.4 is 0 Å². The minimum atomic E-state index is 0.793. The van der Waals surface area contributed by atoms with Gasteiger partial charge in [0.2, 0.25) is 0 Å². The molecular formula is C46H24N10. The molecule has 12 heterocycles. The predicted molar refractivity (Wildman–Crippen MR) is 220 cm³/mol. The second-order valence-electron chi connectivity index (χ2n) is 14.1. The first-order valence-electron chi connectivity index (χ1n) is 18.3. The van der Waals surface area contributed by atoms with Crippen molar-refractivity contribution in [3.63, 3.8) is 0 Å². The van der Waals surface area contributed by atoms with Crippen molar-refractivity contribution in [2.75, 3.05) is 0 Å². The summed E-state index contributed by atoms with van der Waals surface area (Å²) in [6.45, 7) is 0. The number of benzene rings is 1. The van der Waals surface area contributed by atoms with Gasteiger partial charge in [-0.05, 0) is 97.1 Å². The van der Waals surface area contributed by atoms with E-state index in [1.807, 2.05) is 97.3 Å². The molecule has 0 aliphatic carbocycles. The molecule has 1 aromatic carbocycles. The summed E-state index contributed by atoms with van der Waals surface area (Å²) in [5, 5.41) is 4.41. The molecule has 13 rings (SSSR count). The van der Waals surface area contributed by atoms with Gasteiger partial charge in [0.1, 0.15) is 22.1 Å². The van der Waals surface area contributed by atoms with Gasteiger partial charge in [-0.1, -0.05) is 24.3 Å². The standard InChI is InChI=1S/C46H24N10/c1-5-17-47-29(9-1)33-13-15-37-41(51-33)43-45-27(22-35(53-43)31-11-3-7-19-49-31)25-21-26-28-23-36(32-12-4-8-20-50-32)54-44-42-38(16-14-34(52-42)30-10-2-6-18-48-30)56(46(28)44)40(26)24-39(25)55(37)45/h1-24H. The third-order valence-corrected chi connectivity index (χ3v) is 11.0. The highest BCUT2D eigenvalue weighted by atomic mass is 15.0. The van der Waals surface area contributed by atoms with Gasteiger partial charge in [0.25, 0.3) is 0 Å². The van der Waals surface area contributed by atoms with Crippen LogP contribution >= 0.6 is 0 Å². The number of rotatable bonds is 4. The maximum atomic E-state index is 5.27. The Morgan fingerprint density at radius 3 is 1.07 bits per heavy atom. The van der Waals surface area contributed by atoms with Crippen LogP contribution in [0, 0.1) is 0 Å². The summed E-state index contributed by atoms with van der Waals surface area (Å²) < 4.78 is 4.64. The Labute approximate surface area is 316 Å². The maximum absolute atomic E-state index is 5.27. The molecule has 0 spiro atoms. The zero-order valence-electron chi connectivity index (χ0n) is 29.3. The van der Waals surface area contributed by atoms with Gasteiger partial charge in [0, 0.05) is 46.3 Å². The van der Waals surface area contributed by atoms with E-state index < -0.39 is 0 Å². The minimum absolute atomic E-state index is 0.793. The summed E-state index contributed by atoms with van der Waals surface area (Å²) in [6, 6.07) is 41.0. The SMILES string of the molecule is c1ccc(-c2ccc3c(n2)c2nc(-c4ccccn4)cc4c5cc6c7cc(-c8ccccn8)nc8c9nc(-c%10ccccn%10)ccc9n(c6cc5n3c42)c78)nc1. The number of fused-ring (bicyclic) bond motifs is 12. The van der Waals surface area contributed by atoms with Crippen LogP contribution in [0.3, 0.4) is 0 Å². The molecule has 0 fully saturated rings. The van der Waals surface area contributed by atoms with Gasteiger partial charge < -0.3 is 8.80 Å². The van der Waals surface area contributed by atoms with E-state index in [9.17, 15) is 0 Å². The van der Waals surface area contributed by atoms with Crippen molar-refractivity contribution < 1.29 is 0 Å². The third kappa shape index (κ3) is 3.93. The molecule has 0 aliphatic rings. The molecule has 13 aromatic rings. The lowest BCUT2D eigenvalue weighted by atomic mass is 10.1. The number of aromatic nitrogens is 10. The van der Waals surface area contributed by atoms with Crippen molar-refractivity contribution in [3.05, 3.63) is 146 Å². The number of hydrogen-bond donors (Lipinski definition) is 0. The van der Waals surface area contributed by atoms with Crippen LogP contribution in [0.5, 0.6) is 0 Å². The largest absolute Gasteiger partial charge is 0.305 e. The number of nitrogens with zero attached hydrogens (tertiary/aromatic N) is 10. The summed E-state index contributed by atoms with van der Waals surface area (Å²) in [5.41, 5.74) is 15.8. The Morgan fingerprint density at radius 2 is 0.679 bits per heavy atom. The van der Waals surface area contributed by atoms with E-state index >= 15 is 0 Å². The maximum Gasteiger partial charge on any atom is 0.116 e. The number of hydrogen-bond acceptors (Lipinski definition) is 8. The molecule has 56 heavy (non-hydrogen) atoms. The van der Waals surface area contributed by atoms with Crippen molar-refractivity contribution in [1.82, 2.24) is 48.7 Å². The van der Waals surface area contributed by atoms with Crippen LogP contribution in [0.4, 0.5) is 0 Å². The smallest absolute Gasteiger partial charge is 0.116 e. The highest BCUT2D eigenvalue weighted by Crippen LogP contribution is 2.45. The van der Waals surface area contributed by atoms with E-state index in [0.29, 0.717) is 0 Å². The summed E-state index contributed by atoms with van der Waals surface area (Å²) in [5.74, 6) is 0. The summed E-state index contributed by atoms with van der Waals surface area (Å²) in [4.78, 5) is 39.6. The summed E-state index contributed by atoms with van der Waals surface area (Å²) >= 11 is 0. The molecule has 0 unspecified atom stereocenters. The van der Waals surface area contributed by atoms with Crippen molar-refractivity contribution >= 4 is 76.7 Å². The monoisotopic (exact) mass is 716 g/mol. The molecule has 0 radical (unpaired) electrons. The molecule has 0 amide bonds. The van der Waals surface area contributed by atoms with E-state index in [0.717, 1.165) is 122 Å². The zero-order valence-corrected chi connectivity index (χ0v) is 29.3. The number of pyridine rings is 8. The molecular weight excluding hydrogens is 693 g/mol. The fraction of sp³-hybridized carbons (Fsp3) is 0. The van der Waals surface area contributed by atoms with Crippen molar-refractivity contribution in [2.24, 2.45) is 0 Å². The fourth-order valence-corrected chi connectivity index (χ4v) is 8.61. The molecule has 0 saturated carbocycles. The molecule has 0 bridgehead atoms. The van der Waals surface area contributed by atoms with Gasteiger partial charge in [-0.3, -0.25) is 19.9 Å². The Kier molecular flexibility index (Phi) is 5.68. The average molecular weight is 717 g/mol. The topological polar surface area (TPSA) is 112 Å². The highest BCUT2D eigenvalue weighted by molar-refractivity contribution is 6.28. The Bertz CT molecular complexity index is 3440. The lowest BCUT2D eigenvalue weighted by molar-refractivity contribution is 1.27. The van der Waals surface area contributed by atoms with Gasteiger partial charge in [-0.25, -0.2) is 19.9 Å². The van der Waals surface area contributed by atoms with Crippen LogP contribution in [0.25, 0.3) is 122 Å². The van der Waals surface area contributed by atoms with Crippen LogP contribution in [0.1, 0.15) is 0 Å². The van der Waals surface area contributed by atoms with Crippen molar-refractivity contribution in [1.29, 1.82) is 0 Å². The van der Waals surface area contributed by atoms with Crippen LogP contribution in [-0.4, -0.2) is 48.7 Å². The molecule has 12 aromatic heterocycles. The van der Waals surface area contributed by atoms with E-state index in [1.54, 1.807) is 12.4 Å². The van der Waals surface area contributed by atoms with Crippen LogP contribution in [0.15, 0.2) is 146 Å². The Balaban J connectivity index is 1.18. The summed E-state index contributed by atoms with van der Waals surface area (Å²) in [6.07, 6.45) is 7.21. The molecule has 10 heteroatoms. The first kappa shape index (κ1) is 29.5. The van der Waals surface area contributed by atoms with E-state index in [-0.39, 0.29) is 0 Å². The van der Waals surface area contributed by atoms with Crippen LogP contribution in [-0.2, 0) is 0 Å². The predicted octanol–water partition coefficient (Wildman–Crippen LogP) is 9.81. The first-order valence-corrected chi connectivity index (χ1v) is 18.3. The minimum Gasteiger partial charge on any atom is -0.305 e. The van der Waals surface area contributed by atoms with Gasteiger partial charge >= 0.3 is 0 Å². The fourth-order valence-electron chi connectivity index (χ4n) is 8.61. The molecule has 0 atom stereocenters. The lowest BCUT2D eigenvalue weighted by Gasteiger charge is -2.05. The third-order valence-electron chi connectivity index (χ3n) is 11.0. The Hall–Kier alpha value is -7.98. The van der Waals surface area contributed by atoms with Crippen LogP contribution in [0.2, 0.25) is 0 Å². The van der Waals surface area contributed by atoms with E-state index in [4.69, 9.17) is 29.9 Å². The molecule has 0 saturated heterocycles. The van der Waals surface area contributed by atoms with Crippen molar-refractivity contribution in [2.45, 2.75) is 0 Å². The first-order chi connectivity index (χ1) is 27.8. The zero-order chi connectivity index (χ0) is 36.5. The second kappa shape index (κ2) is 10.8. The van der Waals surface area contributed by atoms with E-state index in [1.165, 1.54) is 0 Å². The molecule has 10 nitrogen and oxygen atoms in total. The van der Waals surface area contributed by atoms with Gasteiger partial charge in [-0.2, -0.15) is 0 Å². The van der Waals surface area contributed by atoms with Crippen molar-refractivity contribution in [3.8, 4) is 45.6 Å². The van der Waals surface area contributed by atoms with Gasteiger partial charge in [0.15, 0.2) is 0 Å². The quantitative estimate of drug-likeness (QED) is 0.177. The normalized spacial score (nSPS) is 12.3. The Morgan fingerprint density at radius 1 is 0.286 bits per heavy atom. The van der Waals surface area contributed by atoms with Gasteiger partial charge in [0.05, 0.1) is 78.7 Å². The highest BCUT2D eigenvalue weighted by Gasteiger charge is 2.26. The second-order valence-corrected chi connectivity index (χ2v) is 14.1. The van der Waals surface area contributed by atoms with E-state index in [2.05, 4.69) is 55.2 Å². The average Bonchev–Trinajstić information content (AvgIpc) is 3.99. The molecule has 0 aliphatic heterocycles. The lowest BCUT2D eigenvalue weighted by Crippen LogP contribution is -1.90. The van der Waals surface area contributed by atoms with Gasteiger partial charge in [-0.15, -0.1) is 0 Å². The summed E-state index contributed by atoms with van der Waals surface area (Å²) in [7, 11) is 0. The molecule has 0 N–H and O–H groups in total. The molecule has 258 valence electrons.